The summed E-state index contributed by atoms with van der Waals surface area (Å²) in [6.07, 6.45) is 18.3. The highest BCUT2D eigenvalue weighted by Crippen LogP contribution is 2.15. The van der Waals surface area contributed by atoms with Crippen LogP contribution in [0.3, 0.4) is 0 Å². The van der Waals surface area contributed by atoms with E-state index < -0.39 is 35.7 Å². The fourth-order valence-corrected chi connectivity index (χ4v) is 3.67. The minimum atomic E-state index is -1.23. The Morgan fingerprint density at radius 1 is 0.412 bits per heavy atom. The van der Waals surface area contributed by atoms with E-state index in [1.807, 2.05) is 0 Å². The van der Waals surface area contributed by atoms with Gasteiger partial charge in [0.05, 0.1) is 0 Å². The number of rotatable bonds is 22. The van der Waals surface area contributed by atoms with E-state index in [1.54, 1.807) is 0 Å². The summed E-state index contributed by atoms with van der Waals surface area (Å²) < 4.78 is 0. The van der Waals surface area contributed by atoms with Crippen LogP contribution in [0.5, 0.6) is 0 Å². The molecular weight excluding hydrogens is 440 g/mol. The maximum absolute atomic E-state index is 10.6. The largest absolute Gasteiger partial charge is 0.481 e. The average Bonchev–Trinajstić information content (AvgIpc) is 2.76. The lowest BCUT2D eigenvalue weighted by molar-refractivity contribution is -0.156. The van der Waals surface area contributed by atoms with Crippen molar-refractivity contribution < 1.29 is 39.6 Å². The van der Waals surface area contributed by atoms with Gasteiger partial charge in [-0.05, 0) is 12.8 Å². The molecule has 0 atom stereocenters. The van der Waals surface area contributed by atoms with E-state index >= 15 is 0 Å². The maximum atomic E-state index is 10.6. The Balaban J connectivity index is 0. The molecule has 0 aliphatic rings. The van der Waals surface area contributed by atoms with Crippen molar-refractivity contribution in [1.29, 1.82) is 0 Å². The molecule has 34 heavy (non-hydrogen) atoms. The van der Waals surface area contributed by atoms with Gasteiger partial charge in [0, 0.05) is 0 Å². The standard InChI is InChI=1S/C14H26O4.C12H22O4/c1-2-3-4-5-6-7-8-9-10-11-12(13(15)16)14(17)18;1-2-3-4-5-6-7-8-9-10(11(13)14)12(15)16/h12H,2-11H2,1H3,(H,15,16)(H,17,18);10H,2-9H2,1H3,(H,13,14)(H,15,16). The molecule has 0 aromatic rings. The van der Waals surface area contributed by atoms with E-state index in [2.05, 4.69) is 13.8 Å². The molecule has 0 amide bonds. The molecule has 200 valence electrons. The van der Waals surface area contributed by atoms with Gasteiger partial charge in [0.2, 0.25) is 0 Å². The Labute approximate surface area is 205 Å². The quantitative estimate of drug-likeness (QED) is 0.0982. The maximum Gasteiger partial charge on any atom is 0.317 e. The summed E-state index contributed by atoms with van der Waals surface area (Å²) in [7, 11) is 0. The molecule has 0 rings (SSSR count). The van der Waals surface area contributed by atoms with Crippen LogP contribution in [0.25, 0.3) is 0 Å². The first-order chi connectivity index (χ1) is 16.2. The van der Waals surface area contributed by atoms with Gasteiger partial charge in [0.1, 0.15) is 0 Å². The van der Waals surface area contributed by atoms with Crippen LogP contribution in [0.4, 0.5) is 0 Å². The number of aliphatic carboxylic acids is 4. The Bertz CT molecular complexity index is 519. The van der Waals surface area contributed by atoms with E-state index in [4.69, 9.17) is 20.4 Å². The van der Waals surface area contributed by atoms with Crippen LogP contribution in [0.2, 0.25) is 0 Å². The highest BCUT2D eigenvalue weighted by atomic mass is 16.4. The SMILES string of the molecule is CCCCCCCCCC(C(=O)O)C(=O)O.CCCCCCCCCCCC(C(=O)O)C(=O)O. The Hall–Kier alpha value is -2.12. The summed E-state index contributed by atoms with van der Waals surface area (Å²) in [6, 6.07) is 0. The molecule has 0 aromatic carbocycles. The summed E-state index contributed by atoms with van der Waals surface area (Å²) in [4.78, 5) is 42.4. The first-order valence-corrected chi connectivity index (χ1v) is 13.1. The zero-order chi connectivity index (χ0) is 26.2. The summed E-state index contributed by atoms with van der Waals surface area (Å²) in [5.74, 6) is -7.34. The molecule has 0 aliphatic heterocycles. The van der Waals surface area contributed by atoms with Crippen molar-refractivity contribution in [2.45, 2.75) is 129 Å². The molecule has 4 N–H and O–H groups in total. The fourth-order valence-electron chi connectivity index (χ4n) is 3.67. The van der Waals surface area contributed by atoms with Crippen molar-refractivity contribution in [1.82, 2.24) is 0 Å². The highest BCUT2D eigenvalue weighted by Gasteiger charge is 2.25. The molecule has 8 nitrogen and oxygen atoms in total. The lowest BCUT2D eigenvalue weighted by Gasteiger charge is -2.06. The van der Waals surface area contributed by atoms with Crippen LogP contribution in [-0.2, 0) is 19.2 Å². The number of unbranched alkanes of at least 4 members (excludes halogenated alkanes) is 14. The molecule has 0 saturated heterocycles. The normalized spacial score (nSPS) is 10.7. The third-order valence-electron chi connectivity index (χ3n) is 5.89. The molecule has 0 spiro atoms. The second-order valence-corrected chi connectivity index (χ2v) is 8.99. The van der Waals surface area contributed by atoms with Crippen molar-refractivity contribution in [3.8, 4) is 0 Å². The van der Waals surface area contributed by atoms with Gasteiger partial charge in [-0.25, -0.2) is 0 Å². The third kappa shape index (κ3) is 21.7. The van der Waals surface area contributed by atoms with E-state index in [1.165, 1.54) is 64.2 Å². The molecule has 8 heteroatoms. The van der Waals surface area contributed by atoms with Gasteiger partial charge >= 0.3 is 23.9 Å². The molecule has 0 saturated carbocycles. The monoisotopic (exact) mass is 488 g/mol. The number of carboxylic acids is 4. The van der Waals surface area contributed by atoms with E-state index in [9.17, 15) is 19.2 Å². The minimum Gasteiger partial charge on any atom is -0.481 e. The van der Waals surface area contributed by atoms with Crippen molar-refractivity contribution >= 4 is 23.9 Å². The Morgan fingerprint density at radius 3 is 0.824 bits per heavy atom. The number of carboxylic acid groups (broad SMARTS) is 4. The van der Waals surface area contributed by atoms with E-state index in [-0.39, 0.29) is 12.8 Å². The topological polar surface area (TPSA) is 149 Å². The van der Waals surface area contributed by atoms with Crippen molar-refractivity contribution in [3.05, 3.63) is 0 Å². The second-order valence-electron chi connectivity index (χ2n) is 8.99. The van der Waals surface area contributed by atoms with Crippen LogP contribution in [0.15, 0.2) is 0 Å². The fraction of sp³-hybridized carbons (Fsp3) is 0.846. The lowest BCUT2D eigenvalue weighted by atomic mass is 10.00. The van der Waals surface area contributed by atoms with Gasteiger partial charge in [-0.15, -0.1) is 0 Å². The van der Waals surface area contributed by atoms with Crippen LogP contribution in [0, 0.1) is 11.8 Å². The second kappa shape index (κ2) is 24.0. The van der Waals surface area contributed by atoms with Gasteiger partial charge in [-0.3, -0.25) is 19.2 Å². The average molecular weight is 489 g/mol. The minimum absolute atomic E-state index is 0.248. The molecule has 0 unspecified atom stereocenters. The van der Waals surface area contributed by atoms with E-state index in [0.717, 1.165) is 25.7 Å². The zero-order valence-corrected chi connectivity index (χ0v) is 21.3. The number of carbonyl (C=O) groups is 4. The van der Waals surface area contributed by atoms with Crippen LogP contribution in [-0.4, -0.2) is 44.3 Å². The smallest absolute Gasteiger partial charge is 0.317 e. The molecular formula is C26H48O8. The van der Waals surface area contributed by atoms with Crippen LogP contribution < -0.4 is 0 Å². The zero-order valence-electron chi connectivity index (χ0n) is 21.3. The van der Waals surface area contributed by atoms with Crippen molar-refractivity contribution in [3.63, 3.8) is 0 Å². The van der Waals surface area contributed by atoms with E-state index in [0.29, 0.717) is 12.8 Å². The predicted octanol–water partition coefficient (Wildman–Crippen LogP) is 6.61. The summed E-state index contributed by atoms with van der Waals surface area (Å²) >= 11 is 0. The first-order valence-electron chi connectivity index (χ1n) is 13.1. The van der Waals surface area contributed by atoms with Gasteiger partial charge in [0.15, 0.2) is 11.8 Å². The highest BCUT2D eigenvalue weighted by molar-refractivity contribution is 5.93. The Kier molecular flexibility index (Phi) is 24.1. The molecule has 0 fully saturated rings. The molecule has 0 radical (unpaired) electrons. The number of hydrogen-bond donors (Lipinski definition) is 4. The molecule has 0 aliphatic carbocycles. The molecule has 0 bridgehead atoms. The van der Waals surface area contributed by atoms with Gasteiger partial charge in [-0.1, -0.05) is 117 Å². The Morgan fingerprint density at radius 2 is 0.618 bits per heavy atom. The summed E-state index contributed by atoms with van der Waals surface area (Å²) in [5, 5.41) is 34.6. The van der Waals surface area contributed by atoms with Crippen LogP contribution in [0.1, 0.15) is 129 Å². The third-order valence-corrected chi connectivity index (χ3v) is 5.89. The molecule has 0 aromatic heterocycles. The lowest BCUT2D eigenvalue weighted by Crippen LogP contribution is -2.23. The van der Waals surface area contributed by atoms with Gasteiger partial charge < -0.3 is 20.4 Å². The van der Waals surface area contributed by atoms with Crippen molar-refractivity contribution in [2.24, 2.45) is 11.8 Å². The molecule has 0 heterocycles. The van der Waals surface area contributed by atoms with Crippen molar-refractivity contribution in [2.75, 3.05) is 0 Å². The summed E-state index contributed by atoms with van der Waals surface area (Å²) in [6.45, 7) is 4.35. The number of hydrogen-bond acceptors (Lipinski definition) is 4. The van der Waals surface area contributed by atoms with Gasteiger partial charge in [0.25, 0.3) is 0 Å². The van der Waals surface area contributed by atoms with Crippen LogP contribution >= 0.6 is 0 Å². The first kappa shape index (κ1) is 34.0. The van der Waals surface area contributed by atoms with Gasteiger partial charge in [-0.2, -0.15) is 0 Å². The summed E-state index contributed by atoms with van der Waals surface area (Å²) in [5.41, 5.74) is 0. The predicted molar refractivity (Wildman–Crippen MR) is 132 cm³/mol.